The largest absolute Gasteiger partial charge is 0.438 e. The summed E-state index contributed by atoms with van der Waals surface area (Å²) in [5.41, 5.74) is 3.51. The molecule has 2 atom stereocenters. The molecule has 1 saturated heterocycles. The molecule has 1 aliphatic heterocycles. The van der Waals surface area contributed by atoms with Crippen molar-refractivity contribution in [3.05, 3.63) is 101 Å². The van der Waals surface area contributed by atoms with Crippen LogP contribution in [0.2, 0.25) is 0 Å². The number of anilines is 1. The fourth-order valence-electron chi connectivity index (χ4n) is 4.33. The molecule has 2 N–H and O–H groups in total. The topological polar surface area (TPSA) is 87.7 Å². The number of ether oxygens (including phenoxy) is 1. The molecule has 3 aromatic rings. The molecule has 0 aromatic heterocycles. The molecule has 2 fully saturated rings. The monoisotopic (exact) mass is 501 g/mol. The molecule has 190 valence electrons. The fraction of sp³-hybridized carbons (Fsp3) is 0.276. The molecule has 1 saturated carbocycles. The highest BCUT2D eigenvalue weighted by atomic mass is 19.1. The summed E-state index contributed by atoms with van der Waals surface area (Å²) in [6.07, 6.45) is 0.856. The molecule has 7 nitrogen and oxygen atoms in total. The van der Waals surface area contributed by atoms with Crippen molar-refractivity contribution in [2.75, 3.05) is 11.9 Å². The van der Waals surface area contributed by atoms with Gasteiger partial charge in [-0.15, -0.1) is 0 Å². The van der Waals surface area contributed by atoms with Gasteiger partial charge in [0.2, 0.25) is 5.91 Å². The van der Waals surface area contributed by atoms with Crippen molar-refractivity contribution in [3.8, 4) is 0 Å². The molecule has 2 aliphatic rings. The second-order valence-corrected chi connectivity index (χ2v) is 9.63. The fourth-order valence-corrected chi connectivity index (χ4v) is 4.33. The maximum Gasteiger partial charge on any atom is 0.411 e. The lowest BCUT2D eigenvalue weighted by atomic mass is 10.00. The van der Waals surface area contributed by atoms with E-state index >= 15 is 0 Å². The maximum atomic E-state index is 13.3. The van der Waals surface area contributed by atoms with Crippen LogP contribution in [-0.4, -0.2) is 35.4 Å². The van der Waals surface area contributed by atoms with Crippen molar-refractivity contribution in [2.45, 2.75) is 38.5 Å². The lowest BCUT2D eigenvalue weighted by Crippen LogP contribution is -2.46. The number of cyclic esters (lactones) is 1. The lowest BCUT2D eigenvalue weighted by molar-refractivity contribution is -0.126. The highest BCUT2D eigenvalue weighted by Crippen LogP contribution is 2.35. The van der Waals surface area contributed by atoms with Gasteiger partial charge >= 0.3 is 6.09 Å². The minimum atomic E-state index is -0.827. The summed E-state index contributed by atoms with van der Waals surface area (Å²) in [6.45, 7) is 2.83. The van der Waals surface area contributed by atoms with Crippen LogP contribution < -0.4 is 10.6 Å². The van der Waals surface area contributed by atoms with E-state index in [9.17, 15) is 18.8 Å². The molecule has 5 rings (SSSR count). The predicted molar refractivity (Wildman–Crippen MR) is 136 cm³/mol. The van der Waals surface area contributed by atoms with E-state index in [1.54, 1.807) is 24.3 Å². The number of hydrogen-bond acceptors (Lipinski definition) is 4. The first-order valence-electron chi connectivity index (χ1n) is 12.3. The summed E-state index contributed by atoms with van der Waals surface area (Å²) in [5, 5.41) is 5.76. The Bertz CT molecular complexity index is 1290. The minimum absolute atomic E-state index is 0.247. The van der Waals surface area contributed by atoms with E-state index in [0.29, 0.717) is 29.3 Å². The number of rotatable bonds is 8. The van der Waals surface area contributed by atoms with E-state index in [4.69, 9.17) is 4.74 Å². The number of aryl methyl sites for hydroxylation is 1. The molecule has 0 bridgehead atoms. The standard InChI is InChI=1S/C29H28FN3O4/c1-18-2-4-20(5-3-18)17-33-25(28(35)31-16-19-6-7-19)26(37-29(33)36)21-10-14-24(15-11-21)32-27(34)22-8-12-23(30)13-9-22/h2-5,8-15,19,25-26H,6-7,16-17H2,1H3,(H,31,35)(H,32,34). The van der Waals surface area contributed by atoms with E-state index in [1.165, 1.54) is 29.2 Å². The van der Waals surface area contributed by atoms with Crippen LogP contribution >= 0.6 is 0 Å². The van der Waals surface area contributed by atoms with Gasteiger partial charge in [-0.05, 0) is 73.2 Å². The highest BCUT2D eigenvalue weighted by molar-refractivity contribution is 6.04. The number of carbonyl (C=O) groups is 3. The van der Waals surface area contributed by atoms with Crippen LogP contribution in [0.4, 0.5) is 14.9 Å². The van der Waals surface area contributed by atoms with Gasteiger partial charge in [0, 0.05) is 17.8 Å². The van der Waals surface area contributed by atoms with E-state index in [1.807, 2.05) is 31.2 Å². The van der Waals surface area contributed by atoms with E-state index in [-0.39, 0.29) is 18.4 Å². The Morgan fingerprint density at radius 2 is 1.65 bits per heavy atom. The first-order valence-corrected chi connectivity index (χ1v) is 12.3. The number of nitrogens with one attached hydrogen (secondary N) is 2. The molecule has 37 heavy (non-hydrogen) atoms. The molecule has 1 aliphatic carbocycles. The van der Waals surface area contributed by atoms with Crippen LogP contribution in [0.15, 0.2) is 72.8 Å². The third-order valence-corrected chi connectivity index (χ3v) is 6.69. The van der Waals surface area contributed by atoms with Crippen molar-refractivity contribution in [2.24, 2.45) is 5.92 Å². The normalized spacial score (nSPS) is 18.9. The predicted octanol–water partition coefficient (Wildman–Crippen LogP) is 4.97. The second-order valence-electron chi connectivity index (χ2n) is 9.63. The molecular weight excluding hydrogens is 473 g/mol. The number of carbonyl (C=O) groups excluding carboxylic acids is 3. The number of halogens is 1. The highest BCUT2D eigenvalue weighted by Gasteiger charge is 2.47. The Morgan fingerprint density at radius 3 is 2.30 bits per heavy atom. The quantitative estimate of drug-likeness (QED) is 0.456. The van der Waals surface area contributed by atoms with Crippen LogP contribution in [-0.2, 0) is 16.1 Å². The van der Waals surface area contributed by atoms with Crippen molar-refractivity contribution in [1.29, 1.82) is 0 Å². The number of hydrogen-bond donors (Lipinski definition) is 2. The molecule has 3 aromatic carbocycles. The van der Waals surface area contributed by atoms with Crippen molar-refractivity contribution in [3.63, 3.8) is 0 Å². The summed E-state index contributed by atoms with van der Waals surface area (Å²) >= 11 is 0. The minimum Gasteiger partial charge on any atom is -0.438 e. The molecule has 0 spiro atoms. The number of amides is 3. The average molecular weight is 502 g/mol. The Labute approximate surface area is 214 Å². The van der Waals surface area contributed by atoms with Gasteiger partial charge in [0.15, 0.2) is 12.1 Å². The Hall–Kier alpha value is -4.20. The molecule has 3 amide bonds. The Morgan fingerprint density at radius 1 is 0.973 bits per heavy atom. The third-order valence-electron chi connectivity index (χ3n) is 6.69. The first-order chi connectivity index (χ1) is 17.9. The van der Waals surface area contributed by atoms with E-state index < -0.39 is 24.1 Å². The van der Waals surface area contributed by atoms with Gasteiger partial charge in [-0.25, -0.2) is 9.18 Å². The van der Waals surface area contributed by atoms with Gasteiger partial charge in [0.05, 0.1) is 6.54 Å². The number of nitrogens with zero attached hydrogens (tertiary/aromatic N) is 1. The van der Waals surface area contributed by atoms with Crippen LogP contribution in [0.3, 0.4) is 0 Å². The zero-order chi connectivity index (χ0) is 25.9. The maximum absolute atomic E-state index is 13.3. The van der Waals surface area contributed by atoms with E-state index in [2.05, 4.69) is 10.6 Å². The SMILES string of the molecule is Cc1ccc(CN2C(=O)OC(c3ccc(NC(=O)c4ccc(F)cc4)cc3)C2C(=O)NCC2CC2)cc1. The van der Waals surface area contributed by atoms with Crippen LogP contribution in [0.25, 0.3) is 0 Å². The lowest BCUT2D eigenvalue weighted by Gasteiger charge is -2.24. The Balaban J connectivity index is 1.34. The van der Waals surface area contributed by atoms with Gasteiger partial charge in [-0.1, -0.05) is 42.0 Å². The molecule has 2 unspecified atom stereocenters. The van der Waals surface area contributed by atoms with Gasteiger partial charge in [-0.3, -0.25) is 14.5 Å². The molecule has 8 heteroatoms. The Kier molecular flexibility index (Phi) is 6.90. The molecule has 1 heterocycles. The van der Waals surface area contributed by atoms with Crippen LogP contribution in [0.5, 0.6) is 0 Å². The summed E-state index contributed by atoms with van der Waals surface area (Å²) in [7, 11) is 0. The van der Waals surface area contributed by atoms with Gasteiger partial charge in [0.25, 0.3) is 5.91 Å². The van der Waals surface area contributed by atoms with E-state index in [0.717, 1.165) is 24.0 Å². The second kappa shape index (κ2) is 10.4. The van der Waals surface area contributed by atoms with Gasteiger partial charge < -0.3 is 15.4 Å². The van der Waals surface area contributed by atoms with Gasteiger partial charge in [0.1, 0.15) is 5.82 Å². The summed E-state index contributed by atoms with van der Waals surface area (Å²) in [6, 6.07) is 19.1. The average Bonchev–Trinajstić information content (AvgIpc) is 3.67. The summed E-state index contributed by atoms with van der Waals surface area (Å²) in [4.78, 5) is 40.1. The van der Waals surface area contributed by atoms with Crippen molar-refractivity contribution in [1.82, 2.24) is 10.2 Å². The van der Waals surface area contributed by atoms with Crippen LogP contribution in [0.1, 0.15) is 46.0 Å². The number of benzene rings is 3. The van der Waals surface area contributed by atoms with Crippen LogP contribution in [0, 0.1) is 18.7 Å². The molecular formula is C29H28FN3O4. The van der Waals surface area contributed by atoms with Crippen molar-refractivity contribution < 1.29 is 23.5 Å². The van der Waals surface area contributed by atoms with Gasteiger partial charge in [-0.2, -0.15) is 0 Å². The molecule has 0 radical (unpaired) electrons. The van der Waals surface area contributed by atoms with Crippen molar-refractivity contribution >= 4 is 23.6 Å². The zero-order valence-corrected chi connectivity index (χ0v) is 20.4. The zero-order valence-electron chi connectivity index (χ0n) is 20.4. The third kappa shape index (κ3) is 5.80. The first kappa shape index (κ1) is 24.5. The summed E-state index contributed by atoms with van der Waals surface area (Å²) in [5.74, 6) is -0.542. The smallest absolute Gasteiger partial charge is 0.411 e. The summed E-state index contributed by atoms with van der Waals surface area (Å²) < 4.78 is 18.9.